The van der Waals surface area contributed by atoms with Crippen molar-refractivity contribution >= 4 is 5.84 Å². The average molecular weight is 251 g/mol. The van der Waals surface area contributed by atoms with E-state index in [1.807, 2.05) is 39.0 Å². The second-order valence-corrected chi connectivity index (χ2v) is 4.85. The first kappa shape index (κ1) is 14.3. The lowest BCUT2D eigenvalue weighted by molar-refractivity contribution is 0.355. The molecule has 5 nitrogen and oxygen atoms in total. The van der Waals surface area contributed by atoms with Crippen molar-refractivity contribution in [2.75, 3.05) is 14.2 Å². The molecule has 0 unspecified atom stereocenters. The van der Waals surface area contributed by atoms with Gasteiger partial charge < -0.3 is 14.9 Å². The summed E-state index contributed by atoms with van der Waals surface area (Å²) in [6, 6.07) is 5.54. The van der Waals surface area contributed by atoms with Crippen molar-refractivity contribution in [1.29, 1.82) is 0 Å². The van der Waals surface area contributed by atoms with E-state index < -0.39 is 0 Å². The summed E-state index contributed by atoms with van der Waals surface area (Å²) in [4.78, 5) is 4.51. The number of nitrogens with two attached hydrogens (primary N) is 1. The Morgan fingerprint density at radius 3 is 2.22 bits per heavy atom. The third-order valence-electron chi connectivity index (χ3n) is 2.24. The summed E-state index contributed by atoms with van der Waals surface area (Å²) in [5.74, 6) is 7.46. The van der Waals surface area contributed by atoms with E-state index in [2.05, 4.69) is 10.4 Å². The van der Waals surface area contributed by atoms with Crippen molar-refractivity contribution in [3.8, 4) is 11.5 Å². The number of nitrogens with zero attached hydrogens (tertiary/aromatic N) is 1. The van der Waals surface area contributed by atoms with Crippen LogP contribution in [0.15, 0.2) is 23.2 Å². The highest BCUT2D eigenvalue weighted by atomic mass is 16.5. The molecule has 1 aromatic carbocycles. The quantitative estimate of drug-likeness (QED) is 0.371. The molecule has 0 saturated heterocycles. The number of ether oxygens (including phenoxy) is 2. The molecule has 100 valence electrons. The fraction of sp³-hybridized carbons (Fsp3) is 0.462. The molecule has 5 heteroatoms. The first-order valence-electron chi connectivity index (χ1n) is 5.70. The molecule has 0 aliphatic heterocycles. The number of amidine groups is 1. The second kappa shape index (κ2) is 5.73. The summed E-state index contributed by atoms with van der Waals surface area (Å²) in [5, 5.41) is 0. The van der Waals surface area contributed by atoms with Gasteiger partial charge in [-0.05, 0) is 39.0 Å². The van der Waals surface area contributed by atoms with E-state index >= 15 is 0 Å². The van der Waals surface area contributed by atoms with E-state index in [0.29, 0.717) is 17.3 Å². The van der Waals surface area contributed by atoms with Gasteiger partial charge in [0.2, 0.25) is 0 Å². The molecule has 1 aromatic rings. The first-order chi connectivity index (χ1) is 8.41. The molecule has 0 bridgehead atoms. The first-order valence-corrected chi connectivity index (χ1v) is 5.70. The molecule has 0 amide bonds. The number of hydrogen-bond donors (Lipinski definition) is 2. The van der Waals surface area contributed by atoms with Crippen LogP contribution in [0.1, 0.15) is 26.3 Å². The van der Waals surface area contributed by atoms with Crippen LogP contribution in [-0.4, -0.2) is 25.6 Å². The molecular formula is C13H21N3O2. The highest BCUT2D eigenvalue weighted by Crippen LogP contribution is 2.27. The molecule has 0 aliphatic rings. The van der Waals surface area contributed by atoms with Crippen LogP contribution in [0, 0.1) is 0 Å². The topological polar surface area (TPSA) is 68.9 Å². The van der Waals surface area contributed by atoms with Crippen LogP contribution in [0.5, 0.6) is 11.5 Å². The standard InChI is InChI=1S/C13H21N3O2/c1-13(2,3)15-12(16-14)9-6-7-10(17-4)11(8-9)18-5/h6-8H,14H2,1-5H3,(H,15,16). The van der Waals surface area contributed by atoms with E-state index in [1.54, 1.807) is 14.2 Å². The fourth-order valence-corrected chi connectivity index (χ4v) is 1.50. The van der Waals surface area contributed by atoms with Crippen LogP contribution in [0.25, 0.3) is 0 Å². The summed E-state index contributed by atoms with van der Waals surface area (Å²) in [6.45, 7) is 6.02. The third-order valence-corrected chi connectivity index (χ3v) is 2.24. The Kier molecular flexibility index (Phi) is 4.55. The number of benzene rings is 1. The molecule has 3 N–H and O–H groups in total. The summed E-state index contributed by atoms with van der Waals surface area (Å²) >= 11 is 0. The van der Waals surface area contributed by atoms with Crippen LogP contribution < -0.4 is 20.7 Å². The van der Waals surface area contributed by atoms with Gasteiger partial charge in [-0.3, -0.25) is 4.99 Å². The predicted molar refractivity (Wildman–Crippen MR) is 73.2 cm³/mol. The minimum absolute atomic E-state index is 0.213. The van der Waals surface area contributed by atoms with Crippen molar-refractivity contribution in [3.05, 3.63) is 23.8 Å². The van der Waals surface area contributed by atoms with Gasteiger partial charge >= 0.3 is 0 Å². The van der Waals surface area contributed by atoms with Gasteiger partial charge in [0.25, 0.3) is 0 Å². The van der Waals surface area contributed by atoms with Crippen LogP contribution >= 0.6 is 0 Å². The molecule has 0 spiro atoms. The SMILES string of the molecule is COc1ccc(C(=NC(C)(C)C)NN)cc1OC. The van der Waals surface area contributed by atoms with E-state index in [0.717, 1.165) is 5.56 Å². The average Bonchev–Trinajstić information content (AvgIpc) is 2.34. The Morgan fingerprint density at radius 1 is 1.17 bits per heavy atom. The lowest BCUT2D eigenvalue weighted by atomic mass is 10.1. The molecule has 1 rings (SSSR count). The number of hydrogen-bond acceptors (Lipinski definition) is 4. The smallest absolute Gasteiger partial charge is 0.161 e. The van der Waals surface area contributed by atoms with Crippen molar-refractivity contribution in [2.24, 2.45) is 10.8 Å². The molecule has 0 atom stereocenters. The van der Waals surface area contributed by atoms with Crippen LogP contribution in [0.3, 0.4) is 0 Å². The Balaban J connectivity index is 3.19. The highest BCUT2D eigenvalue weighted by molar-refractivity contribution is 5.99. The summed E-state index contributed by atoms with van der Waals surface area (Å²) in [7, 11) is 3.20. The zero-order valence-corrected chi connectivity index (χ0v) is 11.6. The van der Waals surface area contributed by atoms with E-state index in [1.165, 1.54) is 0 Å². The normalized spacial score (nSPS) is 12.2. The van der Waals surface area contributed by atoms with Gasteiger partial charge in [-0.1, -0.05) is 0 Å². The molecule has 0 aliphatic carbocycles. The van der Waals surface area contributed by atoms with Crippen LogP contribution in [-0.2, 0) is 0 Å². The van der Waals surface area contributed by atoms with Crippen LogP contribution in [0.4, 0.5) is 0 Å². The maximum Gasteiger partial charge on any atom is 0.161 e. The summed E-state index contributed by atoms with van der Waals surface area (Å²) < 4.78 is 10.4. The van der Waals surface area contributed by atoms with Gasteiger partial charge in [0.1, 0.15) is 5.84 Å². The largest absolute Gasteiger partial charge is 0.493 e. The number of rotatable bonds is 3. The minimum atomic E-state index is -0.213. The van der Waals surface area contributed by atoms with Gasteiger partial charge in [-0.2, -0.15) is 0 Å². The molecule has 18 heavy (non-hydrogen) atoms. The number of nitrogens with one attached hydrogen (secondary N) is 1. The number of hydrazine groups is 1. The Hall–Kier alpha value is -1.75. The van der Waals surface area contributed by atoms with Crippen molar-refractivity contribution < 1.29 is 9.47 Å². The number of methoxy groups -OCH3 is 2. The second-order valence-electron chi connectivity index (χ2n) is 4.85. The van der Waals surface area contributed by atoms with E-state index in [9.17, 15) is 0 Å². The summed E-state index contributed by atoms with van der Waals surface area (Å²) in [5.41, 5.74) is 3.26. The molecule has 0 aromatic heterocycles. The lowest BCUT2D eigenvalue weighted by Crippen LogP contribution is -2.33. The van der Waals surface area contributed by atoms with Gasteiger partial charge in [0.15, 0.2) is 11.5 Å². The monoisotopic (exact) mass is 251 g/mol. The maximum absolute atomic E-state index is 5.52. The fourth-order valence-electron chi connectivity index (χ4n) is 1.50. The van der Waals surface area contributed by atoms with Gasteiger partial charge in [0, 0.05) is 5.56 Å². The summed E-state index contributed by atoms with van der Waals surface area (Å²) in [6.07, 6.45) is 0. The van der Waals surface area contributed by atoms with Gasteiger partial charge in [-0.15, -0.1) is 0 Å². The van der Waals surface area contributed by atoms with Crippen LogP contribution in [0.2, 0.25) is 0 Å². The molecular weight excluding hydrogens is 230 g/mol. The van der Waals surface area contributed by atoms with Gasteiger partial charge in [0.05, 0.1) is 19.8 Å². The van der Waals surface area contributed by atoms with Crippen molar-refractivity contribution in [1.82, 2.24) is 5.43 Å². The minimum Gasteiger partial charge on any atom is -0.493 e. The predicted octanol–water partition coefficient (Wildman–Crippen LogP) is 1.71. The highest BCUT2D eigenvalue weighted by Gasteiger charge is 2.13. The number of aliphatic imine (C=N–C) groups is 1. The van der Waals surface area contributed by atoms with Crippen molar-refractivity contribution in [3.63, 3.8) is 0 Å². The zero-order chi connectivity index (χ0) is 13.8. The van der Waals surface area contributed by atoms with E-state index in [4.69, 9.17) is 15.3 Å². The van der Waals surface area contributed by atoms with E-state index in [-0.39, 0.29) is 5.54 Å². The molecule has 0 saturated carbocycles. The third kappa shape index (κ3) is 3.63. The molecule has 0 radical (unpaired) electrons. The Morgan fingerprint density at radius 2 is 1.78 bits per heavy atom. The lowest BCUT2D eigenvalue weighted by Gasteiger charge is -2.16. The maximum atomic E-state index is 5.52. The Bertz CT molecular complexity index is 436. The zero-order valence-electron chi connectivity index (χ0n) is 11.6. The molecule has 0 fully saturated rings. The Labute approximate surface area is 108 Å². The van der Waals surface area contributed by atoms with Crippen molar-refractivity contribution in [2.45, 2.75) is 26.3 Å². The van der Waals surface area contributed by atoms with Gasteiger partial charge in [-0.25, -0.2) is 5.84 Å². The molecule has 0 heterocycles.